The van der Waals surface area contributed by atoms with Gasteiger partial charge in [0.25, 0.3) is 5.69 Å². The van der Waals surface area contributed by atoms with Gasteiger partial charge in [0.1, 0.15) is 35.6 Å². The van der Waals surface area contributed by atoms with Gasteiger partial charge in [-0.1, -0.05) is 53.0 Å². The van der Waals surface area contributed by atoms with Crippen LogP contribution < -0.4 is 31.1 Å². The quantitative estimate of drug-likeness (QED) is 0.0449. The summed E-state index contributed by atoms with van der Waals surface area (Å²) in [5, 5.41) is 24.3. The number of aliphatic carboxylic acids is 1. The van der Waals surface area contributed by atoms with Crippen molar-refractivity contribution in [2.45, 2.75) is 13.5 Å². The molecule has 0 saturated heterocycles. The third-order valence-electron chi connectivity index (χ3n) is 5.61. The van der Waals surface area contributed by atoms with Crippen LogP contribution in [0.2, 0.25) is 15.1 Å². The van der Waals surface area contributed by atoms with E-state index in [1.54, 1.807) is 24.3 Å². The SMILES string of the molecule is C[S+](C)C.Cc1nn(-c2cc(NS(C)(=O)=O)c(Cl)cc2Cl)c(=O)n1C(F)F.Nc1c([N+](=O)[O-])ccc(Oc2ccccc2)c1Cl.O=C(O)CNCP(=O)([O-])O. The Morgan fingerprint density at radius 3 is 2.15 bits per heavy atom. The van der Waals surface area contributed by atoms with E-state index in [-0.39, 0.29) is 54.0 Å². The van der Waals surface area contributed by atoms with E-state index in [2.05, 4.69) is 28.6 Å². The Hall–Kier alpha value is -3.99. The maximum atomic E-state index is 12.8. The number of nitrogens with two attached hydrogens (primary N) is 1. The number of halogens is 5. The highest BCUT2D eigenvalue weighted by Crippen LogP contribution is 2.39. The Bertz CT molecular complexity index is 2160. The Kier molecular flexibility index (Phi) is 19.5. The van der Waals surface area contributed by atoms with Crippen LogP contribution in [0.3, 0.4) is 0 Å². The van der Waals surface area contributed by atoms with E-state index in [0.29, 0.717) is 21.3 Å². The van der Waals surface area contributed by atoms with Crippen LogP contribution in [0.1, 0.15) is 12.4 Å². The van der Waals surface area contributed by atoms with Gasteiger partial charge >= 0.3 is 18.2 Å². The van der Waals surface area contributed by atoms with Crippen molar-refractivity contribution in [1.29, 1.82) is 0 Å². The molecule has 3 aromatic carbocycles. The molecule has 55 heavy (non-hydrogen) atoms. The first-order chi connectivity index (χ1) is 25.2. The minimum Gasteiger partial charge on any atom is -0.778 e. The third-order valence-corrected chi connectivity index (χ3v) is 7.83. The predicted molar refractivity (Wildman–Crippen MR) is 207 cm³/mol. The summed E-state index contributed by atoms with van der Waals surface area (Å²) in [5.41, 5.74) is 3.98. The summed E-state index contributed by atoms with van der Waals surface area (Å²) < 4.78 is 66.7. The van der Waals surface area contributed by atoms with Crippen molar-refractivity contribution in [3.8, 4) is 17.2 Å². The summed E-state index contributed by atoms with van der Waals surface area (Å²) in [7, 11) is -7.36. The van der Waals surface area contributed by atoms with Gasteiger partial charge in [0, 0.05) is 6.07 Å². The number of aromatic nitrogens is 3. The molecule has 4 rings (SSSR count). The lowest BCUT2D eigenvalue weighted by molar-refractivity contribution is -0.383. The number of carboxylic acid groups (broad SMARTS) is 1. The summed E-state index contributed by atoms with van der Waals surface area (Å²) in [4.78, 5) is 49.9. The van der Waals surface area contributed by atoms with Crippen molar-refractivity contribution >= 4 is 86.3 Å². The zero-order valence-corrected chi connectivity index (χ0v) is 34.1. The molecule has 6 N–H and O–H groups in total. The fourth-order valence-corrected chi connectivity index (χ4v) is 5.28. The Labute approximate surface area is 330 Å². The van der Waals surface area contributed by atoms with E-state index in [4.69, 9.17) is 55.3 Å². The van der Waals surface area contributed by atoms with Crippen molar-refractivity contribution in [1.82, 2.24) is 19.7 Å². The average molecular weight is 897 g/mol. The number of carbonyl (C=O) groups is 1. The first kappa shape index (κ1) is 49.0. The van der Waals surface area contributed by atoms with Gasteiger partial charge in [-0.3, -0.25) is 24.9 Å². The number of anilines is 2. The lowest BCUT2D eigenvalue weighted by Gasteiger charge is -2.14. The number of nitro benzene ring substituents is 1. The molecule has 0 aliphatic rings. The van der Waals surface area contributed by atoms with Gasteiger partial charge in [-0.05, 0) is 48.2 Å². The standard InChI is InChI=1S/C12H9ClN2O3.C11H10Cl2F2N4O3S.C3H8NO5P.C3H9S/c13-11-10(18-8-4-2-1-3-5-8)7-6-9(12(11)14)15(16)17;1-5-16-19(11(20)18(5)10(14)15)9-4-8(17-23(2,21)22)6(12)3-7(9)13;5-3(6)1-4-2-10(7,8)9;1-4(2)3/h1-7H,14H2;3-4,10,17H,1-2H3;4H,1-2H2,(H,5,6)(H2,7,8,9);1-3H3/q;;;+1/p-1. The number of alkyl halides is 2. The number of hydrogen-bond donors (Lipinski definition) is 5. The van der Waals surface area contributed by atoms with Gasteiger partial charge in [-0.2, -0.15) is 13.5 Å². The van der Waals surface area contributed by atoms with E-state index < -0.39 is 53.6 Å². The van der Waals surface area contributed by atoms with Crippen LogP contribution in [-0.2, 0) is 30.3 Å². The number of nitrogens with one attached hydrogen (secondary N) is 2. The second kappa shape index (κ2) is 21.9. The molecule has 0 fully saturated rings. The molecular weight excluding hydrogens is 862 g/mol. The lowest BCUT2D eigenvalue weighted by atomic mass is 10.2. The molecule has 18 nitrogen and oxygen atoms in total. The molecule has 0 aliphatic carbocycles. The predicted octanol–water partition coefficient (Wildman–Crippen LogP) is 4.70. The number of rotatable bonds is 11. The first-order valence-electron chi connectivity index (χ1n) is 14.6. The molecular formula is C29H35Cl3F2N7O11PS2. The Balaban J connectivity index is 0.000000419. The van der Waals surface area contributed by atoms with Crippen LogP contribution in [0.4, 0.5) is 25.8 Å². The van der Waals surface area contributed by atoms with Crippen molar-refractivity contribution in [3.63, 3.8) is 0 Å². The maximum Gasteiger partial charge on any atom is 0.355 e. The van der Waals surface area contributed by atoms with Gasteiger partial charge < -0.3 is 29.9 Å². The van der Waals surface area contributed by atoms with Crippen molar-refractivity contribution in [2.24, 2.45) is 0 Å². The molecule has 0 spiro atoms. The minimum atomic E-state index is -4.35. The van der Waals surface area contributed by atoms with E-state index in [1.807, 2.05) is 11.4 Å². The monoisotopic (exact) mass is 895 g/mol. The van der Waals surface area contributed by atoms with Gasteiger partial charge in [0.2, 0.25) is 10.0 Å². The molecule has 1 aromatic heterocycles. The number of nitro groups is 1. The second-order valence-corrected chi connectivity index (χ2v) is 17.9. The number of benzene rings is 3. The number of aryl methyl sites for hydroxylation is 1. The molecule has 26 heteroatoms. The Morgan fingerprint density at radius 2 is 1.69 bits per heavy atom. The van der Waals surface area contributed by atoms with E-state index >= 15 is 0 Å². The second-order valence-electron chi connectivity index (χ2n) is 10.9. The zero-order chi connectivity index (χ0) is 42.4. The summed E-state index contributed by atoms with van der Waals surface area (Å²) in [6, 6.07) is 13.9. The summed E-state index contributed by atoms with van der Waals surface area (Å²) in [6.07, 6.45) is 6.78. The first-order valence-corrected chi connectivity index (χ1v) is 21.8. The smallest absolute Gasteiger partial charge is 0.355 e. The largest absolute Gasteiger partial charge is 0.778 e. The third kappa shape index (κ3) is 17.6. The number of sulfonamides is 1. The van der Waals surface area contributed by atoms with Gasteiger partial charge in [-0.25, -0.2) is 17.8 Å². The van der Waals surface area contributed by atoms with Gasteiger partial charge in [0.05, 0.1) is 64.2 Å². The minimum absolute atomic E-state index is 0.0257. The number of nitrogens with zero attached hydrogens (tertiary/aromatic N) is 4. The summed E-state index contributed by atoms with van der Waals surface area (Å²) in [5.74, 6) is -0.541. The lowest BCUT2D eigenvalue weighted by Crippen LogP contribution is -2.25. The molecule has 1 heterocycles. The summed E-state index contributed by atoms with van der Waals surface area (Å²) >= 11 is 17.8. The van der Waals surface area contributed by atoms with E-state index in [9.17, 15) is 46.4 Å². The molecule has 1 unspecified atom stereocenters. The molecule has 0 saturated carbocycles. The van der Waals surface area contributed by atoms with Gasteiger partial charge in [-0.15, -0.1) is 5.10 Å². The number of hydrogen-bond acceptors (Lipinski definition) is 12. The molecule has 4 aromatic rings. The van der Waals surface area contributed by atoms with Crippen molar-refractivity contribution in [3.05, 3.63) is 96.1 Å². The van der Waals surface area contributed by atoms with Crippen LogP contribution in [0.25, 0.3) is 5.69 Å². The van der Waals surface area contributed by atoms with Crippen LogP contribution in [0.5, 0.6) is 11.5 Å². The Morgan fingerprint density at radius 1 is 1.13 bits per heavy atom. The van der Waals surface area contributed by atoms with Crippen LogP contribution in [0, 0.1) is 17.0 Å². The van der Waals surface area contributed by atoms with Crippen molar-refractivity contribution in [2.75, 3.05) is 48.3 Å². The van der Waals surface area contributed by atoms with Crippen LogP contribution in [0.15, 0.2) is 59.4 Å². The maximum absolute atomic E-state index is 12.8. The summed E-state index contributed by atoms with van der Waals surface area (Å²) in [6.45, 7) is -2.33. The van der Waals surface area contributed by atoms with Gasteiger partial charge in [0.15, 0.2) is 0 Å². The normalized spacial score (nSPS) is 11.9. The molecule has 0 aliphatic heterocycles. The van der Waals surface area contributed by atoms with Crippen molar-refractivity contribution < 1.29 is 51.1 Å². The fraction of sp³-hybridized carbons (Fsp3) is 0.276. The number of nitrogen functional groups attached to an aromatic ring is 1. The van der Waals surface area contributed by atoms with Crippen LogP contribution in [-0.4, -0.2) is 81.5 Å². The molecule has 1 atom stereocenters. The highest BCUT2D eigenvalue weighted by atomic mass is 35.5. The van der Waals surface area contributed by atoms with E-state index in [0.717, 1.165) is 12.3 Å². The highest BCUT2D eigenvalue weighted by molar-refractivity contribution is 7.94. The average Bonchev–Trinajstić information content (AvgIpc) is 3.33. The number of para-hydroxylation sites is 1. The topological polar surface area (TPSA) is 274 Å². The number of carboxylic acids is 1. The number of ether oxygens (including phenoxy) is 1. The van der Waals surface area contributed by atoms with E-state index in [1.165, 1.54) is 25.1 Å². The highest BCUT2D eigenvalue weighted by Gasteiger charge is 2.21. The molecule has 304 valence electrons. The zero-order valence-electron chi connectivity index (χ0n) is 29.3. The molecule has 0 bridgehead atoms. The fourth-order valence-electron chi connectivity index (χ4n) is 3.56. The van der Waals surface area contributed by atoms with Crippen LogP contribution >= 0.6 is 42.4 Å². The molecule has 0 radical (unpaired) electrons. The molecule has 0 amide bonds.